The van der Waals surface area contributed by atoms with E-state index in [4.69, 9.17) is 10.5 Å². The molecule has 9 nitrogen and oxygen atoms in total. The van der Waals surface area contributed by atoms with E-state index < -0.39 is 29.3 Å². The Labute approximate surface area is 170 Å². The highest BCUT2D eigenvalue weighted by Gasteiger charge is 2.49. The van der Waals surface area contributed by atoms with E-state index in [1.807, 2.05) is 5.38 Å². The minimum Gasteiger partial charge on any atom is -0.484 e. The largest absolute Gasteiger partial charge is 0.484 e. The summed E-state index contributed by atoms with van der Waals surface area (Å²) in [5.41, 5.74) is 5.31. The first-order chi connectivity index (χ1) is 13.8. The maximum absolute atomic E-state index is 12.7. The Morgan fingerprint density at radius 3 is 2.59 bits per heavy atom. The quantitative estimate of drug-likeness (QED) is 0.545. The maximum Gasteiger partial charge on any atom is 0.325 e. The Morgan fingerprint density at radius 1 is 1.24 bits per heavy atom. The van der Waals surface area contributed by atoms with Crippen LogP contribution in [0.5, 0.6) is 5.75 Å². The molecule has 5 amide bonds. The summed E-state index contributed by atoms with van der Waals surface area (Å²) in [4.78, 5) is 48.8. The molecule has 10 heteroatoms. The van der Waals surface area contributed by atoms with E-state index in [0.717, 1.165) is 10.5 Å². The second-order valence-corrected chi connectivity index (χ2v) is 7.41. The summed E-state index contributed by atoms with van der Waals surface area (Å²) in [6.07, 6.45) is 0. The van der Waals surface area contributed by atoms with Crippen LogP contribution in [0, 0.1) is 0 Å². The second-order valence-electron chi connectivity index (χ2n) is 6.63. The van der Waals surface area contributed by atoms with Crippen LogP contribution in [0.1, 0.15) is 18.1 Å². The number of hydrogen-bond acceptors (Lipinski definition) is 6. The highest BCUT2D eigenvalue weighted by Crippen LogP contribution is 2.30. The lowest BCUT2D eigenvalue weighted by molar-refractivity contribution is -0.134. The van der Waals surface area contributed by atoms with Crippen LogP contribution in [-0.2, 0) is 26.5 Å². The zero-order valence-electron chi connectivity index (χ0n) is 15.6. The summed E-state index contributed by atoms with van der Waals surface area (Å²) in [5.74, 6) is -1.02. The number of carbonyl (C=O) groups excluding carboxylic acids is 4. The summed E-state index contributed by atoms with van der Waals surface area (Å²) >= 11 is 1.42. The van der Waals surface area contributed by atoms with Crippen LogP contribution in [0.2, 0.25) is 0 Å². The van der Waals surface area contributed by atoms with Crippen molar-refractivity contribution in [1.29, 1.82) is 0 Å². The van der Waals surface area contributed by atoms with Crippen LogP contribution in [0.3, 0.4) is 0 Å². The number of ether oxygens (including phenoxy) is 1. The Kier molecular flexibility index (Phi) is 5.83. The fourth-order valence-corrected chi connectivity index (χ4v) is 3.61. The maximum atomic E-state index is 12.7. The van der Waals surface area contributed by atoms with Gasteiger partial charge in [-0.15, -0.1) is 0 Å². The minimum atomic E-state index is -1.17. The summed E-state index contributed by atoms with van der Waals surface area (Å²) in [6.45, 7) is 1.24. The zero-order valence-corrected chi connectivity index (χ0v) is 16.5. The van der Waals surface area contributed by atoms with Gasteiger partial charge in [0.15, 0.2) is 6.61 Å². The van der Waals surface area contributed by atoms with Crippen molar-refractivity contribution in [2.24, 2.45) is 5.73 Å². The van der Waals surface area contributed by atoms with E-state index in [1.165, 1.54) is 11.3 Å². The fourth-order valence-electron chi connectivity index (χ4n) is 2.84. The molecule has 1 aromatic carbocycles. The molecule has 3 rings (SSSR count). The molecule has 1 saturated heterocycles. The third-order valence-electron chi connectivity index (χ3n) is 4.47. The molecule has 152 valence electrons. The Morgan fingerprint density at radius 2 is 1.97 bits per heavy atom. The van der Waals surface area contributed by atoms with Gasteiger partial charge in [0.05, 0.1) is 0 Å². The third kappa shape index (κ3) is 4.54. The number of carbonyl (C=O) groups is 4. The van der Waals surface area contributed by atoms with Gasteiger partial charge in [-0.05, 0) is 47.0 Å². The summed E-state index contributed by atoms with van der Waals surface area (Å²) in [6, 6.07) is 7.90. The number of benzene rings is 1. The van der Waals surface area contributed by atoms with Crippen molar-refractivity contribution in [1.82, 2.24) is 15.5 Å². The molecule has 0 bridgehead atoms. The van der Waals surface area contributed by atoms with Gasteiger partial charge >= 0.3 is 6.03 Å². The first kappa shape index (κ1) is 20.3. The lowest BCUT2D eigenvalue weighted by Crippen LogP contribution is -2.43. The Balaban J connectivity index is 1.54. The Bertz CT molecular complexity index is 929. The predicted octanol–water partition coefficient (Wildman–Crippen LogP) is 0.696. The van der Waals surface area contributed by atoms with Crippen molar-refractivity contribution in [2.45, 2.75) is 19.0 Å². The third-order valence-corrected chi connectivity index (χ3v) is 5.15. The molecule has 2 aromatic rings. The molecule has 1 aliphatic rings. The average molecular weight is 416 g/mol. The van der Waals surface area contributed by atoms with E-state index in [0.29, 0.717) is 11.3 Å². The highest BCUT2D eigenvalue weighted by atomic mass is 32.1. The molecule has 2 heterocycles. The van der Waals surface area contributed by atoms with E-state index in [1.54, 1.807) is 42.6 Å². The van der Waals surface area contributed by atoms with Crippen molar-refractivity contribution in [2.75, 3.05) is 13.2 Å². The number of nitrogens with zero attached hydrogens (tertiary/aromatic N) is 1. The van der Waals surface area contributed by atoms with Crippen LogP contribution in [0.4, 0.5) is 4.79 Å². The number of amides is 5. The van der Waals surface area contributed by atoms with E-state index >= 15 is 0 Å². The first-order valence-electron chi connectivity index (χ1n) is 8.73. The van der Waals surface area contributed by atoms with Crippen LogP contribution in [0.15, 0.2) is 41.1 Å². The number of imide groups is 1. The lowest BCUT2D eigenvalue weighted by Gasteiger charge is -2.20. The predicted molar refractivity (Wildman–Crippen MR) is 105 cm³/mol. The number of urea groups is 1. The highest BCUT2D eigenvalue weighted by molar-refractivity contribution is 7.08. The monoisotopic (exact) mass is 416 g/mol. The van der Waals surface area contributed by atoms with Gasteiger partial charge < -0.3 is 21.1 Å². The average Bonchev–Trinajstić information content (AvgIpc) is 3.30. The fraction of sp³-hybridized carbons (Fsp3) is 0.263. The second kappa shape index (κ2) is 8.31. The van der Waals surface area contributed by atoms with Crippen LogP contribution >= 0.6 is 11.3 Å². The molecule has 29 heavy (non-hydrogen) atoms. The van der Waals surface area contributed by atoms with Crippen molar-refractivity contribution < 1.29 is 23.9 Å². The summed E-state index contributed by atoms with van der Waals surface area (Å²) in [7, 11) is 0. The first-order valence-corrected chi connectivity index (χ1v) is 9.67. The van der Waals surface area contributed by atoms with E-state index in [9.17, 15) is 19.2 Å². The Hall–Kier alpha value is -3.40. The molecular weight excluding hydrogens is 396 g/mol. The molecule has 1 aromatic heterocycles. The smallest absolute Gasteiger partial charge is 0.325 e. The van der Waals surface area contributed by atoms with Gasteiger partial charge in [-0.25, -0.2) is 4.79 Å². The van der Waals surface area contributed by atoms with Crippen molar-refractivity contribution in [3.63, 3.8) is 0 Å². The molecular formula is C19H20N4O5S. The zero-order chi connectivity index (χ0) is 21.0. The number of nitrogens with two attached hydrogens (primary N) is 1. The SMILES string of the molecule is CC1(c2ccsc2)NC(=O)N(CC(=O)NCc2ccc(OCC(N)=O)cc2)C1=O. The van der Waals surface area contributed by atoms with Gasteiger partial charge in [0.2, 0.25) is 5.91 Å². The number of thiophene rings is 1. The molecule has 0 radical (unpaired) electrons. The standard InChI is InChI=1S/C19H20N4O5S/c1-19(13-6-7-29-11-13)17(26)23(18(27)22-19)9-16(25)21-8-12-2-4-14(5-3-12)28-10-15(20)24/h2-7,11H,8-10H2,1H3,(H2,20,24)(H,21,25)(H,22,27). The molecule has 0 aliphatic carbocycles. The molecule has 4 N–H and O–H groups in total. The summed E-state index contributed by atoms with van der Waals surface area (Å²) < 4.78 is 5.16. The molecule has 1 atom stereocenters. The van der Waals surface area contributed by atoms with Gasteiger partial charge in [-0.3, -0.25) is 19.3 Å². The van der Waals surface area contributed by atoms with Gasteiger partial charge in [0.25, 0.3) is 11.8 Å². The van der Waals surface area contributed by atoms with Crippen molar-refractivity contribution in [3.05, 3.63) is 52.2 Å². The molecule has 1 fully saturated rings. The molecule has 1 aliphatic heterocycles. The lowest BCUT2D eigenvalue weighted by atomic mass is 9.95. The molecule has 1 unspecified atom stereocenters. The number of nitrogens with one attached hydrogen (secondary N) is 2. The summed E-state index contributed by atoms with van der Waals surface area (Å²) in [5, 5.41) is 8.94. The van der Waals surface area contributed by atoms with Crippen LogP contribution < -0.4 is 21.1 Å². The van der Waals surface area contributed by atoms with Gasteiger partial charge in [0, 0.05) is 6.54 Å². The topological polar surface area (TPSA) is 131 Å². The minimum absolute atomic E-state index is 0.209. The van der Waals surface area contributed by atoms with Crippen molar-refractivity contribution in [3.8, 4) is 5.75 Å². The van der Waals surface area contributed by atoms with Crippen LogP contribution in [-0.4, -0.2) is 41.8 Å². The van der Waals surface area contributed by atoms with Crippen LogP contribution in [0.25, 0.3) is 0 Å². The van der Waals surface area contributed by atoms with E-state index in [2.05, 4.69) is 10.6 Å². The van der Waals surface area contributed by atoms with E-state index in [-0.39, 0.29) is 19.7 Å². The van der Waals surface area contributed by atoms with Gasteiger partial charge in [-0.1, -0.05) is 12.1 Å². The van der Waals surface area contributed by atoms with Gasteiger partial charge in [0.1, 0.15) is 17.8 Å². The molecule has 0 saturated carbocycles. The molecule has 0 spiro atoms. The normalized spacial score (nSPS) is 18.4. The number of rotatable bonds is 8. The number of hydrogen-bond donors (Lipinski definition) is 3. The van der Waals surface area contributed by atoms with Gasteiger partial charge in [-0.2, -0.15) is 11.3 Å². The number of primary amides is 1. The van der Waals surface area contributed by atoms with Crippen molar-refractivity contribution >= 4 is 35.1 Å².